The molecule has 1 amide bonds. The summed E-state index contributed by atoms with van der Waals surface area (Å²) < 4.78 is 0. The summed E-state index contributed by atoms with van der Waals surface area (Å²) in [7, 11) is 0. The zero-order valence-electron chi connectivity index (χ0n) is 15.5. The van der Waals surface area contributed by atoms with Gasteiger partial charge in [0.2, 0.25) is 5.91 Å². The first-order chi connectivity index (χ1) is 12.6. The number of nitrogens with zero attached hydrogens (tertiary/aromatic N) is 1. The Labute approximate surface area is 167 Å². The van der Waals surface area contributed by atoms with Crippen LogP contribution in [0.15, 0.2) is 18.2 Å². The largest absolute Gasteiger partial charge is 0.353 e. The molecule has 1 aromatic carbocycles. The maximum Gasteiger partial charge on any atom is 0.224 e. The summed E-state index contributed by atoms with van der Waals surface area (Å²) in [5.74, 6) is 0.320. The molecule has 26 heavy (non-hydrogen) atoms. The number of benzene rings is 1. The van der Waals surface area contributed by atoms with Gasteiger partial charge in [0.15, 0.2) is 0 Å². The van der Waals surface area contributed by atoms with Crippen LogP contribution >= 0.6 is 23.2 Å². The van der Waals surface area contributed by atoms with Gasteiger partial charge in [0.1, 0.15) is 0 Å². The lowest BCUT2D eigenvalue weighted by molar-refractivity contribution is -0.127. The third-order valence-corrected chi connectivity index (χ3v) is 6.48. The number of rotatable bonds is 4. The first-order valence-electron chi connectivity index (χ1n) is 10.1. The number of likely N-dealkylation sites (tertiary alicyclic amines) is 1. The van der Waals surface area contributed by atoms with Gasteiger partial charge in [-0.2, -0.15) is 0 Å². The van der Waals surface area contributed by atoms with Crippen LogP contribution in [0.25, 0.3) is 0 Å². The quantitative estimate of drug-likeness (QED) is 0.734. The molecule has 2 aliphatic rings. The number of nitrogens with one attached hydrogen (secondary N) is 1. The molecule has 0 bridgehead atoms. The molecule has 1 aliphatic carbocycles. The number of hydrogen-bond donors (Lipinski definition) is 1. The van der Waals surface area contributed by atoms with Crippen LogP contribution in [0.5, 0.6) is 0 Å². The van der Waals surface area contributed by atoms with Gasteiger partial charge in [0, 0.05) is 34.7 Å². The lowest BCUT2D eigenvalue weighted by Gasteiger charge is -2.33. The highest BCUT2D eigenvalue weighted by Gasteiger charge is 2.28. The van der Waals surface area contributed by atoms with Crippen LogP contribution in [0, 0.1) is 5.92 Å². The van der Waals surface area contributed by atoms with Crippen LogP contribution in [0.3, 0.4) is 0 Å². The summed E-state index contributed by atoms with van der Waals surface area (Å²) in [5, 5.41) is 4.76. The van der Waals surface area contributed by atoms with Gasteiger partial charge in [-0.1, -0.05) is 61.4 Å². The fourth-order valence-electron chi connectivity index (χ4n) is 4.24. The van der Waals surface area contributed by atoms with Gasteiger partial charge >= 0.3 is 0 Å². The summed E-state index contributed by atoms with van der Waals surface area (Å²) >= 11 is 12.6. The number of hydrogen-bond acceptors (Lipinski definition) is 2. The highest BCUT2D eigenvalue weighted by Crippen LogP contribution is 2.28. The second-order valence-corrected chi connectivity index (χ2v) is 8.64. The van der Waals surface area contributed by atoms with Crippen LogP contribution in [0.2, 0.25) is 10.0 Å². The summed E-state index contributed by atoms with van der Waals surface area (Å²) in [6, 6.07) is 6.00. The van der Waals surface area contributed by atoms with E-state index in [-0.39, 0.29) is 11.8 Å². The first kappa shape index (κ1) is 20.0. The van der Waals surface area contributed by atoms with Crippen molar-refractivity contribution in [2.45, 2.75) is 70.4 Å². The highest BCUT2D eigenvalue weighted by atomic mass is 35.5. The van der Waals surface area contributed by atoms with E-state index in [4.69, 9.17) is 23.2 Å². The van der Waals surface area contributed by atoms with Gasteiger partial charge < -0.3 is 5.32 Å². The molecule has 1 aliphatic heterocycles. The molecule has 3 rings (SSSR count). The molecule has 1 N–H and O–H groups in total. The lowest BCUT2D eigenvalue weighted by Crippen LogP contribution is -2.45. The Kier molecular flexibility index (Phi) is 7.65. The van der Waals surface area contributed by atoms with Crippen LogP contribution in [0.1, 0.15) is 63.4 Å². The molecule has 0 aromatic heterocycles. The molecule has 0 radical (unpaired) electrons. The third-order valence-electron chi connectivity index (χ3n) is 5.77. The van der Waals surface area contributed by atoms with Crippen molar-refractivity contribution in [1.29, 1.82) is 0 Å². The monoisotopic (exact) mass is 396 g/mol. The van der Waals surface area contributed by atoms with Gasteiger partial charge in [-0.15, -0.1) is 0 Å². The minimum absolute atomic E-state index is 0.0791. The van der Waals surface area contributed by atoms with Crippen molar-refractivity contribution < 1.29 is 4.79 Å². The molecule has 0 unspecified atom stereocenters. The lowest BCUT2D eigenvalue weighted by atomic mass is 9.93. The number of carbonyl (C=O) groups excluding carboxylic acids is 1. The van der Waals surface area contributed by atoms with Crippen LogP contribution < -0.4 is 5.32 Å². The standard InChI is InChI=1S/C21H30Cl2N2O/c22-19-11-6-12-20(23)18(19)15-25-13-7-8-16(14-25)21(26)24-17-9-4-2-1-3-5-10-17/h6,11-12,16-17H,1-5,7-10,13-15H2,(H,24,26)/t16-/m0/s1. The summed E-state index contributed by atoms with van der Waals surface area (Å²) in [4.78, 5) is 15.1. The summed E-state index contributed by atoms with van der Waals surface area (Å²) in [5.41, 5.74) is 0.969. The predicted octanol–water partition coefficient (Wildman–Crippen LogP) is 5.43. The number of piperidine rings is 1. The highest BCUT2D eigenvalue weighted by molar-refractivity contribution is 6.35. The second-order valence-electron chi connectivity index (χ2n) is 7.83. The fourth-order valence-corrected chi connectivity index (χ4v) is 4.76. The van der Waals surface area contributed by atoms with E-state index in [1.54, 1.807) is 0 Å². The van der Waals surface area contributed by atoms with Crippen LogP contribution in [0.4, 0.5) is 0 Å². The third kappa shape index (κ3) is 5.61. The minimum Gasteiger partial charge on any atom is -0.353 e. The van der Waals surface area contributed by atoms with Gasteiger partial charge in [0.05, 0.1) is 5.92 Å². The molecule has 1 saturated heterocycles. The zero-order chi connectivity index (χ0) is 18.4. The molecule has 3 nitrogen and oxygen atoms in total. The van der Waals surface area contributed by atoms with Gasteiger partial charge in [0.25, 0.3) is 0 Å². The predicted molar refractivity (Wildman–Crippen MR) is 109 cm³/mol. The molecule has 1 aromatic rings. The van der Waals surface area contributed by atoms with Crippen molar-refractivity contribution in [3.8, 4) is 0 Å². The van der Waals surface area contributed by atoms with Crippen LogP contribution in [-0.4, -0.2) is 29.9 Å². The van der Waals surface area contributed by atoms with Crippen molar-refractivity contribution in [3.05, 3.63) is 33.8 Å². The number of carbonyl (C=O) groups is 1. The van der Waals surface area contributed by atoms with E-state index in [9.17, 15) is 4.79 Å². The van der Waals surface area contributed by atoms with Gasteiger partial charge in [-0.25, -0.2) is 0 Å². The Morgan fingerprint density at radius 1 is 1.00 bits per heavy atom. The molecule has 5 heteroatoms. The SMILES string of the molecule is O=C(NC1CCCCCCC1)[C@H]1CCCN(Cc2c(Cl)cccc2Cl)C1. The zero-order valence-corrected chi connectivity index (χ0v) is 17.0. The maximum absolute atomic E-state index is 12.8. The summed E-state index contributed by atoms with van der Waals surface area (Å²) in [6.07, 6.45) is 10.7. The average molecular weight is 397 g/mol. The molecule has 144 valence electrons. The van der Waals surface area contributed by atoms with Gasteiger partial charge in [-0.05, 0) is 44.4 Å². The molecule has 1 heterocycles. The Morgan fingerprint density at radius 3 is 2.35 bits per heavy atom. The molecule has 1 saturated carbocycles. The molecular formula is C21H30Cl2N2O. The van der Waals surface area contributed by atoms with E-state index in [0.717, 1.165) is 44.3 Å². The Morgan fingerprint density at radius 2 is 1.65 bits per heavy atom. The molecular weight excluding hydrogens is 367 g/mol. The molecule has 1 atom stereocenters. The van der Waals surface area contributed by atoms with E-state index in [1.807, 2.05) is 18.2 Å². The molecule has 0 spiro atoms. The van der Waals surface area contributed by atoms with Crippen molar-refractivity contribution in [1.82, 2.24) is 10.2 Å². The van der Waals surface area contributed by atoms with E-state index < -0.39 is 0 Å². The normalized spacial score (nSPS) is 23.2. The smallest absolute Gasteiger partial charge is 0.224 e. The number of amides is 1. The van der Waals surface area contributed by atoms with Crippen LogP contribution in [-0.2, 0) is 11.3 Å². The van der Waals surface area contributed by atoms with E-state index in [2.05, 4.69) is 10.2 Å². The van der Waals surface area contributed by atoms with E-state index in [1.165, 1.54) is 32.1 Å². The topological polar surface area (TPSA) is 32.3 Å². The van der Waals surface area contributed by atoms with Crippen molar-refractivity contribution in [3.63, 3.8) is 0 Å². The Balaban J connectivity index is 1.54. The molecule has 2 fully saturated rings. The minimum atomic E-state index is 0.0791. The summed E-state index contributed by atoms with van der Waals surface area (Å²) in [6.45, 7) is 2.50. The van der Waals surface area contributed by atoms with Crippen molar-refractivity contribution in [2.24, 2.45) is 5.92 Å². The maximum atomic E-state index is 12.8. The van der Waals surface area contributed by atoms with Crippen molar-refractivity contribution >= 4 is 29.1 Å². The van der Waals surface area contributed by atoms with Crippen molar-refractivity contribution in [2.75, 3.05) is 13.1 Å². The van der Waals surface area contributed by atoms with E-state index >= 15 is 0 Å². The average Bonchev–Trinajstić information content (AvgIpc) is 2.61. The second kappa shape index (κ2) is 9.96. The fraction of sp³-hybridized carbons (Fsp3) is 0.667. The Bertz CT molecular complexity index is 579. The van der Waals surface area contributed by atoms with Gasteiger partial charge in [-0.3, -0.25) is 9.69 Å². The Hall–Kier alpha value is -0.770. The number of halogens is 2. The first-order valence-corrected chi connectivity index (χ1v) is 10.8. The van der Waals surface area contributed by atoms with E-state index in [0.29, 0.717) is 22.6 Å².